The normalized spacial score (nSPS) is 18.4. The van der Waals surface area contributed by atoms with Gasteiger partial charge in [0.2, 0.25) is 0 Å². The largest absolute Gasteiger partial charge is 0.268 e. The van der Waals surface area contributed by atoms with E-state index in [9.17, 15) is 16.8 Å². The highest BCUT2D eigenvalue weighted by Gasteiger charge is 2.31. The van der Waals surface area contributed by atoms with Gasteiger partial charge in [0.1, 0.15) is 0 Å². The van der Waals surface area contributed by atoms with Crippen molar-refractivity contribution in [2.75, 3.05) is 12.3 Å². The van der Waals surface area contributed by atoms with E-state index in [2.05, 4.69) is 0 Å². The molecule has 0 N–H and O–H groups in total. The van der Waals surface area contributed by atoms with Gasteiger partial charge < -0.3 is 0 Å². The fourth-order valence-electron chi connectivity index (χ4n) is 2.23. The number of aryl methyl sites for hydroxylation is 1. The van der Waals surface area contributed by atoms with Crippen molar-refractivity contribution in [3.05, 3.63) is 40.9 Å². The highest BCUT2D eigenvalue weighted by Crippen LogP contribution is 2.26. The SMILES string of the molecule is CCCC1=CS(=O)(=O)CCN1S(=O)(=O)c1ccc(C)cc1. The number of allylic oxidation sites excluding steroid dienone is 1. The fraction of sp³-hybridized carbons (Fsp3) is 0.429. The standard InChI is InChI=1S/C14H19NO4S2/c1-3-4-13-11-20(16,17)10-9-15(13)21(18,19)14-7-5-12(2)6-8-14/h5-8,11H,3-4,9-10H2,1-2H3. The summed E-state index contributed by atoms with van der Waals surface area (Å²) in [7, 11) is -7.00. The lowest BCUT2D eigenvalue weighted by molar-refractivity contribution is 0.470. The van der Waals surface area contributed by atoms with Crippen molar-refractivity contribution < 1.29 is 16.8 Å². The maximum atomic E-state index is 12.7. The first-order chi connectivity index (χ1) is 9.76. The lowest BCUT2D eigenvalue weighted by Crippen LogP contribution is -2.38. The number of benzene rings is 1. The molecule has 1 aliphatic rings. The summed E-state index contributed by atoms with van der Waals surface area (Å²) in [5.41, 5.74) is 1.32. The van der Waals surface area contributed by atoms with Gasteiger partial charge in [0.15, 0.2) is 9.84 Å². The summed E-state index contributed by atoms with van der Waals surface area (Å²) in [4.78, 5) is 0.189. The molecule has 0 saturated carbocycles. The third kappa shape index (κ3) is 3.47. The van der Waals surface area contributed by atoms with Gasteiger partial charge in [-0.15, -0.1) is 0 Å². The molecule has 0 bridgehead atoms. The smallest absolute Gasteiger partial charge is 0.264 e. The molecule has 1 aromatic rings. The predicted molar refractivity (Wildman–Crippen MR) is 81.8 cm³/mol. The van der Waals surface area contributed by atoms with Crippen molar-refractivity contribution in [3.8, 4) is 0 Å². The molecule has 21 heavy (non-hydrogen) atoms. The van der Waals surface area contributed by atoms with Crippen LogP contribution < -0.4 is 0 Å². The highest BCUT2D eigenvalue weighted by atomic mass is 32.2. The molecule has 0 unspecified atom stereocenters. The van der Waals surface area contributed by atoms with Crippen LogP contribution in [0.3, 0.4) is 0 Å². The Morgan fingerprint density at radius 1 is 1.19 bits per heavy atom. The van der Waals surface area contributed by atoms with Gasteiger partial charge in [0.25, 0.3) is 10.0 Å². The summed E-state index contributed by atoms with van der Waals surface area (Å²) in [6.45, 7) is 3.75. The second-order valence-corrected chi connectivity index (χ2v) is 8.95. The highest BCUT2D eigenvalue weighted by molar-refractivity contribution is 7.94. The summed E-state index contributed by atoms with van der Waals surface area (Å²) in [5, 5.41) is 1.10. The van der Waals surface area contributed by atoms with Crippen molar-refractivity contribution in [1.29, 1.82) is 0 Å². The molecule has 1 heterocycles. The molecule has 5 nitrogen and oxygen atoms in total. The average molecular weight is 329 g/mol. The van der Waals surface area contributed by atoms with Crippen molar-refractivity contribution in [1.82, 2.24) is 4.31 Å². The first-order valence-corrected chi connectivity index (χ1v) is 9.94. The van der Waals surface area contributed by atoms with Gasteiger partial charge in [-0.05, 0) is 25.5 Å². The molecular formula is C14H19NO4S2. The molecule has 1 aliphatic heterocycles. The maximum absolute atomic E-state index is 12.7. The molecule has 0 radical (unpaired) electrons. The Hall–Kier alpha value is -1.34. The van der Waals surface area contributed by atoms with Gasteiger partial charge in [0, 0.05) is 12.2 Å². The van der Waals surface area contributed by atoms with Crippen LogP contribution in [0.2, 0.25) is 0 Å². The van der Waals surface area contributed by atoms with Gasteiger partial charge in [-0.3, -0.25) is 4.31 Å². The molecule has 0 aromatic heterocycles. The van der Waals surface area contributed by atoms with Gasteiger partial charge in [0.05, 0.1) is 16.1 Å². The van der Waals surface area contributed by atoms with Gasteiger partial charge >= 0.3 is 0 Å². The van der Waals surface area contributed by atoms with E-state index in [-0.39, 0.29) is 17.2 Å². The van der Waals surface area contributed by atoms with E-state index in [0.717, 1.165) is 11.0 Å². The van der Waals surface area contributed by atoms with Crippen LogP contribution >= 0.6 is 0 Å². The molecule has 1 aromatic carbocycles. The van der Waals surface area contributed by atoms with Crippen molar-refractivity contribution in [2.45, 2.75) is 31.6 Å². The molecule has 0 saturated heterocycles. The predicted octanol–water partition coefficient (Wildman–Crippen LogP) is 2.06. The molecule has 0 amide bonds. The summed E-state index contributed by atoms with van der Waals surface area (Å²) in [5.74, 6) is -0.175. The zero-order chi connectivity index (χ0) is 15.7. The lowest BCUT2D eigenvalue weighted by atomic mass is 10.2. The van der Waals surface area contributed by atoms with Crippen LogP contribution in [-0.2, 0) is 19.9 Å². The van der Waals surface area contributed by atoms with Crippen molar-refractivity contribution in [3.63, 3.8) is 0 Å². The molecule has 7 heteroatoms. The topological polar surface area (TPSA) is 71.5 Å². The third-order valence-electron chi connectivity index (χ3n) is 3.33. The Morgan fingerprint density at radius 3 is 2.38 bits per heavy atom. The van der Waals surface area contributed by atoms with Gasteiger partial charge in [-0.1, -0.05) is 31.0 Å². The van der Waals surface area contributed by atoms with E-state index in [1.54, 1.807) is 24.3 Å². The van der Waals surface area contributed by atoms with Crippen LogP contribution in [0.15, 0.2) is 40.3 Å². The summed E-state index contributed by atoms with van der Waals surface area (Å²) < 4.78 is 50.0. The summed E-state index contributed by atoms with van der Waals surface area (Å²) >= 11 is 0. The van der Waals surface area contributed by atoms with Gasteiger partial charge in [-0.2, -0.15) is 0 Å². The molecular weight excluding hydrogens is 310 g/mol. The summed E-state index contributed by atoms with van der Waals surface area (Å²) in [6.07, 6.45) is 1.10. The summed E-state index contributed by atoms with van der Waals surface area (Å²) in [6, 6.07) is 6.57. The van der Waals surface area contributed by atoms with Crippen LogP contribution in [0.25, 0.3) is 0 Å². The first kappa shape index (κ1) is 16.0. The molecule has 0 fully saturated rings. The number of hydrogen-bond acceptors (Lipinski definition) is 4. The third-order valence-corrected chi connectivity index (χ3v) is 6.58. The van der Waals surface area contributed by atoms with Crippen LogP contribution in [0, 0.1) is 6.92 Å². The van der Waals surface area contributed by atoms with Crippen molar-refractivity contribution >= 4 is 19.9 Å². The number of sulfonamides is 1. The fourth-order valence-corrected chi connectivity index (χ4v) is 5.15. The van der Waals surface area contributed by atoms with E-state index >= 15 is 0 Å². The zero-order valence-corrected chi connectivity index (χ0v) is 13.7. The first-order valence-electron chi connectivity index (χ1n) is 6.79. The molecule has 2 rings (SSSR count). The van der Waals surface area contributed by atoms with E-state index < -0.39 is 19.9 Å². The second kappa shape index (κ2) is 5.81. The van der Waals surface area contributed by atoms with E-state index in [0.29, 0.717) is 18.5 Å². The number of nitrogens with zero attached hydrogens (tertiary/aromatic N) is 1. The van der Waals surface area contributed by atoms with Crippen LogP contribution in [-0.4, -0.2) is 33.4 Å². The number of rotatable bonds is 4. The quantitative estimate of drug-likeness (QED) is 0.847. The van der Waals surface area contributed by atoms with Gasteiger partial charge in [-0.25, -0.2) is 16.8 Å². The Balaban J connectivity index is 2.46. The Labute approximate surface area is 126 Å². The van der Waals surface area contributed by atoms with E-state index in [1.807, 2.05) is 13.8 Å². The minimum absolute atomic E-state index is 0.0234. The maximum Gasteiger partial charge on any atom is 0.264 e. The minimum Gasteiger partial charge on any atom is -0.268 e. The Morgan fingerprint density at radius 2 is 1.81 bits per heavy atom. The molecule has 0 atom stereocenters. The van der Waals surface area contributed by atoms with Crippen LogP contribution in [0.4, 0.5) is 0 Å². The van der Waals surface area contributed by atoms with Crippen LogP contribution in [0.5, 0.6) is 0 Å². The number of sulfone groups is 1. The molecule has 0 aliphatic carbocycles. The average Bonchev–Trinajstić information content (AvgIpc) is 2.38. The van der Waals surface area contributed by atoms with Crippen molar-refractivity contribution in [2.24, 2.45) is 0 Å². The van der Waals surface area contributed by atoms with E-state index in [1.165, 1.54) is 4.31 Å². The second-order valence-electron chi connectivity index (χ2n) is 5.12. The molecule has 116 valence electrons. The monoisotopic (exact) mass is 329 g/mol. The zero-order valence-electron chi connectivity index (χ0n) is 12.1. The number of hydrogen-bond donors (Lipinski definition) is 0. The lowest BCUT2D eigenvalue weighted by Gasteiger charge is -2.29. The Bertz CT molecular complexity index is 747. The minimum atomic E-state index is -3.70. The Kier molecular flexibility index (Phi) is 4.43. The van der Waals surface area contributed by atoms with Crippen LogP contribution in [0.1, 0.15) is 25.3 Å². The van der Waals surface area contributed by atoms with E-state index in [4.69, 9.17) is 0 Å². The molecule has 0 spiro atoms.